The summed E-state index contributed by atoms with van der Waals surface area (Å²) in [4.78, 5) is 19.4. The SMILES string of the molecule is C=CCn1nc(C(=O)NCc2ccccc2)c2c1CCN(Cc1noc(C)n1)C2. The van der Waals surface area contributed by atoms with Crippen LogP contribution in [0.4, 0.5) is 0 Å². The van der Waals surface area contributed by atoms with Crippen molar-refractivity contribution in [3.8, 4) is 0 Å². The number of nitrogens with one attached hydrogen (secondary N) is 1. The van der Waals surface area contributed by atoms with Crippen molar-refractivity contribution in [1.29, 1.82) is 0 Å². The molecule has 3 heterocycles. The Balaban J connectivity index is 1.53. The molecule has 4 rings (SSSR count). The summed E-state index contributed by atoms with van der Waals surface area (Å²) in [7, 11) is 0. The largest absolute Gasteiger partial charge is 0.347 e. The second-order valence-electron chi connectivity index (χ2n) is 7.10. The van der Waals surface area contributed by atoms with Crippen LogP contribution in [0, 0.1) is 6.92 Å². The highest BCUT2D eigenvalue weighted by molar-refractivity contribution is 5.94. The summed E-state index contributed by atoms with van der Waals surface area (Å²) in [5.41, 5.74) is 3.58. The number of hydrogen-bond acceptors (Lipinski definition) is 6. The number of rotatable bonds is 7. The van der Waals surface area contributed by atoms with E-state index < -0.39 is 0 Å². The van der Waals surface area contributed by atoms with Crippen LogP contribution in [-0.4, -0.2) is 37.3 Å². The lowest BCUT2D eigenvalue weighted by Crippen LogP contribution is -2.32. The fraction of sp³-hybridized carbons (Fsp3) is 0.333. The van der Waals surface area contributed by atoms with Crippen molar-refractivity contribution in [2.75, 3.05) is 6.54 Å². The Morgan fingerprint density at radius 3 is 2.90 bits per heavy atom. The Hall–Kier alpha value is -3.26. The zero-order valence-electron chi connectivity index (χ0n) is 16.5. The van der Waals surface area contributed by atoms with Gasteiger partial charge in [0.15, 0.2) is 11.5 Å². The number of aryl methyl sites for hydroxylation is 1. The first kappa shape index (κ1) is 19.1. The summed E-state index contributed by atoms with van der Waals surface area (Å²) in [5, 5.41) is 11.6. The monoisotopic (exact) mass is 392 g/mol. The van der Waals surface area contributed by atoms with Gasteiger partial charge in [-0.3, -0.25) is 14.4 Å². The molecule has 0 saturated heterocycles. The lowest BCUT2D eigenvalue weighted by molar-refractivity contribution is 0.0942. The molecule has 3 aromatic rings. The van der Waals surface area contributed by atoms with E-state index in [9.17, 15) is 4.79 Å². The number of nitrogens with zero attached hydrogens (tertiary/aromatic N) is 5. The van der Waals surface area contributed by atoms with Crippen LogP contribution < -0.4 is 5.32 Å². The normalized spacial score (nSPS) is 13.8. The van der Waals surface area contributed by atoms with Crippen LogP contribution in [-0.2, 0) is 32.6 Å². The molecule has 1 amide bonds. The van der Waals surface area contributed by atoms with Crippen molar-refractivity contribution in [1.82, 2.24) is 30.1 Å². The molecule has 0 bridgehead atoms. The van der Waals surface area contributed by atoms with Crippen molar-refractivity contribution in [3.05, 3.63) is 77.2 Å². The molecular formula is C21H24N6O2. The Morgan fingerprint density at radius 1 is 1.34 bits per heavy atom. The first-order valence-electron chi connectivity index (χ1n) is 9.67. The molecule has 0 unspecified atom stereocenters. The van der Waals surface area contributed by atoms with E-state index >= 15 is 0 Å². The van der Waals surface area contributed by atoms with Crippen LogP contribution >= 0.6 is 0 Å². The third kappa shape index (κ3) is 4.27. The molecule has 8 nitrogen and oxygen atoms in total. The summed E-state index contributed by atoms with van der Waals surface area (Å²) in [6.45, 7) is 8.67. The van der Waals surface area contributed by atoms with Crippen LogP contribution in [0.1, 0.15) is 39.0 Å². The van der Waals surface area contributed by atoms with Crippen molar-refractivity contribution in [2.24, 2.45) is 0 Å². The number of carbonyl (C=O) groups is 1. The number of hydrogen-bond donors (Lipinski definition) is 1. The van der Waals surface area contributed by atoms with Gasteiger partial charge in [0.25, 0.3) is 5.91 Å². The topological polar surface area (TPSA) is 89.1 Å². The maximum absolute atomic E-state index is 12.9. The Kier molecular flexibility index (Phi) is 5.53. The summed E-state index contributed by atoms with van der Waals surface area (Å²) in [6, 6.07) is 9.85. The van der Waals surface area contributed by atoms with Gasteiger partial charge in [-0.2, -0.15) is 10.1 Å². The van der Waals surface area contributed by atoms with E-state index in [0.717, 1.165) is 29.8 Å². The standard InChI is InChI=1S/C21H24N6O2/c1-3-10-27-18-9-11-26(14-19-23-15(2)29-25-19)13-17(18)20(24-27)21(28)22-12-16-7-5-4-6-8-16/h3-8H,1,9-14H2,2H3,(H,22,28). The van der Waals surface area contributed by atoms with Gasteiger partial charge in [-0.1, -0.05) is 41.6 Å². The van der Waals surface area contributed by atoms with Gasteiger partial charge < -0.3 is 9.84 Å². The Morgan fingerprint density at radius 2 is 2.17 bits per heavy atom. The highest BCUT2D eigenvalue weighted by atomic mass is 16.5. The van der Waals surface area contributed by atoms with Gasteiger partial charge in [0.05, 0.1) is 13.1 Å². The fourth-order valence-electron chi connectivity index (χ4n) is 3.60. The minimum absolute atomic E-state index is 0.162. The summed E-state index contributed by atoms with van der Waals surface area (Å²) in [6.07, 6.45) is 2.60. The lowest BCUT2D eigenvalue weighted by Gasteiger charge is -2.26. The maximum Gasteiger partial charge on any atom is 0.272 e. The van der Waals surface area contributed by atoms with Crippen LogP contribution in [0.15, 0.2) is 47.5 Å². The second-order valence-corrected chi connectivity index (χ2v) is 7.10. The van der Waals surface area contributed by atoms with Crippen molar-refractivity contribution >= 4 is 5.91 Å². The number of benzene rings is 1. The molecule has 150 valence electrons. The van der Waals surface area contributed by atoms with Gasteiger partial charge in [0.1, 0.15) is 0 Å². The van der Waals surface area contributed by atoms with Crippen molar-refractivity contribution in [3.63, 3.8) is 0 Å². The smallest absolute Gasteiger partial charge is 0.272 e. The highest BCUT2D eigenvalue weighted by Gasteiger charge is 2.28. The van der Waals surface area contributed by atoms with Crippen LogP contribution in [0.3, 0.4) is 0 Å². The van der Waals surface area contributed by atoms with Gasteiger partial charge in [-0.15, -0.1) is 6.58 Å². The molecule has 1 aliphatic heterocycles. The van der Waals surface area contributed by atoms with E-state index in [2.05, 4.69) is 32.0 Å². The molecule has 0 fully saturated rings. The molecule has 0 atom stereocenters. The first-order valence-corrected chi connectivity index (χ1v) is 9.67. The third-order valence-electron chi connectivity index (χ3n) is 4.96. The van der Waals surface area contributed by atoms with Gasteiger partial charge in [-0.25, -0.2) is 0 Å². The molecule has 0 saturated carbocycles. The average molecular weight is 392 g/mol. The fourth-order valence-corrected chi connectivity index (χ4v) is 3.60. The lowest BCUT2D eigenvalue weighted by atomic mass is 10.0. The van der Waals surface area contributed by atoms with E-state index in [0.29, 0.717) is 43.6 Å². The average Bonchev–Trinajstić information content (AvgIpc) is 3.30. The maximum atomic E-state index is 12.9. The number of amides is 1. The van der Waals surface area contributed by atoms with E-state index in [-0.39, 0.29) is 5.91 Å². The van der Waals surface area contributed by atoms with Gasteiger partial charge in [-0.05, 0) is 5.56 Å². The molecule has 0 aliphatic carbocycles. The second kappa shape index (κ2) is 8.40. The van der Waals surface area contributed by atoms with E-state index in [1.165, 1.54) is 0 Å². The van der Waals surface area contributed by atoms with Gasteiger partial charge in [0, 0.05) is 44.2 Å². The van der Waals surface area contributed by atoms with Crippen LogP contribution in [0.5, 0.6) is 0 Å². The molecule has 1 N–H and O–H groups in total. The first-order chi connectivity index (χ1) is 14.1. The highest BCUT2D eigenvalue weighted by Crippen LogP contribution is 2.24. The molecular weight excluding hydrogens is 368 g/mol. The Bertz CT molecular complexity index is 1010. The van der Waals surface area contributed by atoms with Crippen LogP contribution in [0.2, 0.25) is 0 Å². The molecule has 1 aromatic carbocycles. The number of fused-ring (bicyclic) bond motifs is 1. The molecule has 1 aliphatic rings. The number of aromatic nitrogens is 4. The zero-order valence-corrected chi connectivity index (χ0v) is 16.5. The van der Waals surface area contributed by atoms with E-state index in [1.807, 2.05) is 35.0 Å². The van der Waals surface area contributed by atoms with E-state index in [1.54, 1.807) is 13.0 Å². The van der Waals surface area contributed by atoms with Gasteiger partial charge in [0.2, 0.25) is 5.89 Å². The molecule has 29 heavy (non-hydrogen) atoms. The number of carbonyl (C=O) groups excluding carboxylic acids is 1. The molecule has 0 radical (unpaired) electrons. The third-order valence-corrected chi connectivity index (χ3v) is 4.96. The van der Waals surface area contributed by atoms with Crippen LogP contribution in [0.25, 0.3) is 0 Å². The minimum Gasteiger partial charge on any atom is -0.347 e. The predicted octanol–water partition coefficient (Wildman–Crippen LogP) is 2.25. The molecule has 8 heteroatoms. The Labute approximate surface area is 169 Å². The minimum atomic E-state index is -0.162. The predicted molar refractivity (Wildman–Crippen MR) is 107 cm³/mol. The van der Waals surface area contributed by atoms with Crippen molar-refractivity contribution in [2.45, 2.75) is 39.5 Å². The number of allylic oxidation sites excluding steroid dienone is 1. The zero-order chi connectivity index (χ0) is 20.2. The quantitative estimate of drug-likeness (QED) is 0.621. The molecule has 0 spiro atoms. The summed E-state index contributed by atoms with van der Waals surface area (Å²) < 4.78 is 6.95. The summed E-state index contributed by atoms with van der Waals surface area (Å²) >= 11 is 0. The van der Waals surface area contributed by atoms with Crippen molar-refractivity contribution < 1.29 is 9.32 Å². The van der Waals surface area contributed by atoms with E-state index in [4.69, 9.17) is 4.52 Å². The summed E-state index contributed by atoms with van der Waals surface area (Å²) in [5.74, 6) is 1.04. The van der Waals surface area contributed by atoms with Gasteiger partial charge >= 0.3 is 0 Å². The molecule has 2 aromatic heterocycles.